The summed E-state index contributed by atoms with van der Waals surface area (Å²) >= 11 is 0. The number of hydrogen-bond donors (Lipinski definition) is 2. The zero-order valence-electron chi connectivity index (χ0n) is 14.5. The van der Waals surface area contributed by atoms with Crippen LogP contribution in [0.1, 0.15) is 24.0 Å². The number of carbonyl (C=O) groups is 3. The van der Waals surface area contributed by atoms with Gasteiger partial charge in [-0.1, -0.05) is 24.3 Å². The molecule has 1 fully saturated rings. The van der Waals surface area contributed by atoms with E-state index in [0.717, 1.165) is 11.1 Å². The van der Waals surface area contributed by atoms with Crippen LogP contribution in [0, 0.1) is 6.92 Å². The predicted molar refractivity (Wildman–Crippen MR) is 93.3 cm³/mol. The summed E-state index contributed by atoms with van der Waals surface area (Å²) in [5, 5.41) is 11.3. The minimum absolute atomic E-state index is 0.0431. The second-order valence-corrected chi connectivity index (χ2v) is 6.20. The Bertz CT molecular complexity index is 625. The van der Waals surface area contributed by atoms with Crippen LogP contribution in [-0.2, 0) is 16.0 Å². The van der Waals surface area contributed by atoms with Gasteiger partial charge in [-0.05, 0) is 24.5 Å². The molecule has 0 aliphatic carbocycles. The highest BCUT2D eigenvalue weighted by Crippen LogP contribution is 2.11. The number of aliphatic carboxylic acids is 1. The van der Waals surface area contributed by atoms with Crippen LogP contribution in [-0.4, -0.2) is 65.5 Å². The van der Waals surface area contributed by atoms with Gasteiger partial charge in [-0.2, -0.15) is 0 Å². The first-order valence-electron chi connectivity index (χ1n) is 8.54. The van der Waals surface area contributed by atoms with Gasteiger partial charge < -0.3 is 20.2 Å². The van der Waals surface area contributed by atoms with E-state index in [4.69, 9.17) is 5.11 Å². The Kier molecular flexibility index (Phi) is 6.80. The SMILES string of the molecule is Cc1ccccc1CC(=O)N1CCN(C(=O)NCCCC(=O)O)CC1. The van der Waals surface area contributed by atoms with Gasteiger partial charge in [-0.15, -0.1) is 0 Å². The summed E-state index contributed by atoms with van der Waals surface area (Å²) < 4.78 is 0. The molecule has 25 heavy (non-hydrogen) atoms. The van der Waals surface area contributed by atoms with Crippen LogP contribution in [0.4, 0.5) is 4.79 Å². The van der Waals surface area contributed by atoms with Crippen molar-refractivity contribution in [1.29, 1.82) is 0 Å². The molecule has 136 valence electrons. The molecule has 0 saturated carbocycles. The van der Waals surface area contributed by atoms with Crippen molar-refractivity contribution in [3.05, 3.63) is 35.4 Å². The first kappa shape index (κ1) is 18.8. The lowest BCUT2D eigenvalue weighted by Gasteiger charge is -2.35. The van der Waals surface area contributed by atoms with Crippen LogP contribution < -0.4 is 5.32 Å². The monoisotopic (exact) mass is 347 g/mol. The zero-order chi connectivity index (χ0) is 18.2. The first-order chi connectivity index (χ1) is 12.0. The molecular formula is C18H25N3O4. The molecule has 7 heteroatoms. The van der Waals surface area contributed by atoms with Gasteiger partial charge in [0.25, 0.3) is 0 Å². The number of urea groups is 1. The third-order valence-electron chi connectivity index (χ3n) is 4.37. The minimum Gasteiger partial charge on any atom is -0.481 e. The highest BCUT2D eigenvalue weighted by atomic mass is 16.4. The van der Waals surface area contributed by atoms with E-state index in [0.29, 0.717) is 45.6 Å². The highest BCUT2D eigenvalue weighted by molar-refractivity contribution is 5.80. The normalized spacial score (nSPS) is 14.3. The molecule has 0 aromatic heterocycles. The van der Waals surface area contributed by atoms with Crippen LogP contribution in [0.25, 0.3) is 0 Å². The predicted octanol–water partition coefficient (Wildman–Crippen LogP) is 1.26. The average Bonchev–Trinajstić information content (AvgIpc) is 2.60. The number of carboxylic acids is 1. The maximum absolute atomic E-state index is 12.4. The van der Waals surface area contributed by atoms with Crippen molar-refractivity contribution in [3.63, 3.8) is 0 Å². The standard InChI is InChI=1S/C18H25N3O4/c1-14-5-2-3-6-15(14)13-16(22)20-9-11-21(12-10-20)18(25)19-8-4-7-17(23)24/h2-3,5-6H,4,7-13H2,1H3,(H,19,25)(H,23,24). The number of amides is 3. The zero-order valence-corrected chi connectivity index (χ0v) is 14.5. The van der Waals surface area contributed by atoms with Gasteiger partial charge in [-0.3, -0.25) is 9.59 Å². The molecule has 0 atom stereocenters. The Morgan fingerprint density at radius 3 is 2.36 bits per heavy atom. The summed E-state index contributed by atoms with van der Waals surface area (Å²) in [5.41, 5.74) is 2.14. The second kappa shape index (κ2) is 9.05. The van der Waals surface area contributed by atoms with E-state index in [-0.39, 0.29) is 18.4 Å². The third-order valence-corrected chi connectivity index (χ3v) is 4.37. The van der Waals surface area contributed by atoms with Crippen molar-refractivity contribution in [2.24, 2.45) is 0 Å². The number of nitrogens with zero attached hydrogens (tertiary/aromatic N) is 2. The maximum atomic E-state index is 12.4. The van der Waals surface area contributed by atoms with Gasteiger partial charge >= 0.3 is 12.0 Å². The van der Waals surface area contributed by atoms with Crippen LogP contribution in [0.3, 0.4) is 0 Å². The van der Waals surface area contributed by atoms with Crippen molar-refractivity contribution in [2.75, 3.05) is 32.7 Å². The molecule has 0 bridgehead atoms. The van der Waals surface area contributed by atoms with E-state index in [9.17, 15) is 14.4 Å². The lowest BCUT2D eigenvalue weighted by molar-refractivity contribution is -0.137. The van der Waals surface area contributed by atoms with Crippen LogP contribution >= 0.6 is 0 Å². The number of benzene rings is 1. The molecule has 1 aromatic carbocycles. The number of piperazine rings is 1. The summed E-state index contributed by atoms with van der Waals surface area (Å²) in [6.07, 6.45) is 0.839. The van der Waals surface area contributed by atoms with Crippen molar-refractivity contribution in [2.45, 2.75) is 26.2 Å². The Hall–Kier alpha value is -2.57. The van der Waals surface area contributed by atoms with Crippen molar-refractivity contribution < 1.29 is 19.5 Å². The molecule has 0 spiro atoms. The van der Waals surface area contributed by atoms with E-state index in [1.54, 1.807) is 9.80 Å². The third kappa shape index (κ3) is 5.77. The molecule has 1 aromatic rings. The van der Waals surface area contributed by atoms with Crippen LogP contribution in [0.5, 0.6) is 0 Å². The Balaban J connectivity index is 1.73. The molecule has 1 aliphatic heterocycles. The van der Waals surface area contributed by atoms with Gasteiger partial charge in [-0.25, -0.2) is 4.79 Å². The van der Waals surface area contributed by atoms with Crippen molar-refractivity contribution >= 4 is 17.9 Å². The van der Waals surface area contributed by atoms with E-state index in [2.05, 4.69) is 5.32 Å². The molecule has 3 amide bonds. The molecule has 7 nitrogen and oxygen atoms in total. The summed E-state index contributed by atoms with van der Waals surface area (Å²) in [6, 6.07) is 7.65. The minimum atomic E-state index is -0.866. The van der Waals surface area contributed by atoms with Gasteiger partial charge in [0.15, 0.2) is 0 Å². The Morgan fingerprint density at radius 2 is 1.72 bits per heavy atom. The van der Waals surface area contributed by atoms with Crippen LogP contribution in [0.15, 0.2) is 24.3 Å². The van der Waals surface area contributed by atoms with Crippen molar-refractivity contribution in [1.82, 2.24) is 15.1 Å². The largest absolute Gasteiger partial charge is 0.481 e. The fourth-order valence-corrected chi connectivity index (χ4v) is 2.79. The fraction of sp³-hybridized carbons (Fsp3) is 0.500. The molecular weight excluding hydrogens is 322 g/mol. The Labute approximate surface area is 147 Å². The smallest absolute Gasteiger partial charge is 0.317 e. The Morgan fingerprint density at radius 1 is 1.08 bits per heavy atom. The van der Waals surface area contributed by atoms with E-state index in [1.165, 1.54) is 0 Å². The van der Waals surface area contributed by atoms with E-state index in [1.807, 2.05) is 31.2 Å². The molecule has 1 saturated heterocycles. The number of nitrogens with one attached hydrogen (secondary N) is 1. The topological polar surface area (TPSA) is 90.0 Å². The fourth-order valence-electron chi connectivity index (χ4n) is 2.79. The van der Waals surface area contributed by atoms with Gasteiger partial charge in [0.2, 0.25) is 5.91 Å². The summed E-state index contributed by atoms with van der Waals surface area (Å²) in [6.45, 7) is 4.36. The lowest BCUT2D eigenvalue weighted by Crippen LogP contribution is -2.53. The molecule has 1 heterocycles. The summed E-state index contributed by atoms with van der Waals surface area (Å²) in [7, 11) is 0. The molecule has 0 radical (unpaired) electrons. The number of carbonyl (C=O) groups excluding carboxylic acids is 2. The number of carboxylic acid groups (broad SMARTS) is 1. The van der Waals surface area contributed by atoms with E-state index < -0.39 is 5.97 Å². The molecule has 1 aliphatic rings. The highest BCUT2D eigenvalue weighted by Gasteiger charge is 2.24. The van der Waals surface area contributed by atoms with Crippen molar-refractivity contribution in [3.8, 4) is 0 Å². The van der Waals surface area contributed by atoms with Crippen LogP contribution in [0.2, 0.25) is 0 Å². The second-order valence-electron chi connectivity index (χ2n) is 6.20. The van der Waals surface area contributed by atoms with Gasteiger partial charge in [0, 0.05) is 39.1 Å². The molecule has 0 unspecified atom stereocenters. The average molecular weight is 347 g/mol. The summed E-state index contributed by atoms with van der Waals surface area (Å²) in [5.74, 6) is -0.786. The number of hydrogen-bond acceptors (Lipinski definition) is 3. The number of rotatable bonds is 6. The number of aryl methyl sites for hydroxylation is 1. The maximum Gasteiger partial charge on any atom is 0.317 e. The van der Waals surface area contributed by atoms with E-state index >= 15 is 0 Å². The summed E-state index contributed by atoms with van der Waals surface area (Å²) in [4.78, 5) is 38.3. The van der Waals surface area contributed by atoms with Gasteiger partial charge in [0.1, 0.15) is 0 Å². The molecule has 2 N–H and O–H groups in total. The first-order valence-corrected chi connectivity index (χ1v) is 8.54. The van der Waals surface area contributed by atoms with Gasteiger partial charge in [0.05, 0.1) is 6.42 Å². The lowest BCUT2D eigenvalue weighted by atomic mass is 10.1. The molecule has 2 rings (SSSR count). The quantitative estimate of drug-likeness (QED) is 0.758.